The van der Waals surface area contributed by atoms with Gasteiger partial charge in [-0.1, -0.05) is 35.9 Å². The fourth-order valence-corrected chi connectivity index (χ4v) is 5.64. The molecule has 5 rings (SSSR count). The first-order valence-electron chi connectivity index (χ1n) is 13.1. The van der Waals surface area contributed by atoms with E-state index in [1.165, 1.54) is 29.7 Å². The molecule has 0 aliphatic heterocycles. The fraction of sp³-hybridized carbons (Fsp3) is 0.0938. The van der Waals surface area contributed by atoms with Gasteiger partial charge < -0.3 is 14.8 Å². The van der Waals surface area contributed by atoms with E-state index in [0.29, 0.717) is 39.8 Å². The van der Waals surface area contributed by atoms with E-state index < -0.39 is 0 Å². The molecule has 0 saturated carbocycles. The number of nitrogens with one attached hydrogen (secondary N) is 2. The normalized spacial score (nSPS) is 11.0. The summed E-state index contributed by atoms with van der Waals surface area (Å²) in [4.78, 5) is 17.4. The molecule has 0 aliphatic carbocycles. The number of halogens is 3. The Hall–Kier alpha value is -4.00. The van der Waals surface area contributed by atoms with Crippen molar-refractivity contribution < 1.29 is 18.7 Å². The van der Waals surface area contributed by atoms with Gasteiger partial charge in [0.2, 0.25) is 0 Å². The van der Waals surface area contributed by atoms with Gasteiger partial charge in [-0.15, -0.1) is 11.3 Å². The highest BCUT2D eigenvalue weighted by Crippen LogP contribution is 2.34. The Morgan fingerprint density at radius 1 is 1.07 bits per heavy atom. The second kappa shape index (κ2) is 14.5. The van der Waals surface area contributed by atoms with Crippen LogP contribution in [0.2, 0.25) is 5.02 Å². The third kappa shape index (κ3) is 8.31. The number of aromatic nitrogens is 1. The van der Waals surface area contributed by atoms with Gasteiger partial charge in [-0.05, 0) is 101 Å². The van der Waals surface area contributed by atoms with Crippen molar-refractivity contribution in [3.63, 3.8) is 0 Å². The maximum atomic E-state index is 13.5. The van der Waals surface area contributed by atoms with Gasteiger partial charge in [0.25, 0.3) is 5.91 Å². The number of hydrogen-bond donors (Lipinski definition) is 2. The van der Waals surface area contributed by atoms with E-state index in [4.69, 9.17) is 21.1 Å². The second-order valence-electron chi connectivity index (χ2n) is 9.13. The number of hydrogen-bond acceptors (Lipinski definition) is 7. The van der Waals surface area contributed by atoms with Crippen LogP contribution in [0.25, 0.3) is 11.3 Å². The van der Waals surface area contributed by atoms with Crippen molar-refractivity contribution in [2.24, 2.45) is 5.10 Å². The number of ether oxygens (including phenoxy) is 2. The van der Waals surface area contributed by atoms with E-state index in [9.17, 15) is 9.18 Å². The number of carbonyl (C=O) groups is 1. The number of anilines is 2. The Morgan fingerprint density at radius 2 is 1.86 bits per heavy atom. The van der Waals surface area contributed by atoms with Crippen LogP contribution in [0.3, 0.4) is 0 Å². The summed E-state index contributed by atoms with van der Waals surface area (Å²) in [5.74, 6) is 0.423. The summed E-state index contributed by atoms with van der Waals surface area (Å²) in [5.41, 5.74) is 7.04. The van der Waals surface area contributed by atoms with Crippen LogP contribution in [0.1, 0.15) is 28.4 Å². The van der Waals surface area contributed by atoms with Crippen molar-refractivity contribution >= 4 is 68.5 Å². The summed E-state index contributed by atoms with van der Waals surface area (Å²) in [5, 5.41) is 10.8. The van der Waals surface area contributed by atoms with Gasteiger partial charge in [0.05, 0.1) is 22.1 Å². The molecule has 0 radical (unpaired) electrons. The monoisotopic (exact) mass is 726 g/mol. The minimum atomic E-state index is -0.346. The Kier molecular flexibility index (Phi) is 10.2. The van der Waals surface area contributed by atoms with Gasteiger partial charge in [0.1, 0.15) is 12.4 Å². The molecule has 7 nitrogen and oxygen atoms in total. The van der Waals surface area contributed by atoms with Crippen LogP contribution >= 0.6 is 45.5 Å². The first-order valence-corrected chi connectivity index (χ1v) is 15.5. The molecule has 1 aromatic heterocycles. The number of hydrazone groups is 1. The van der Waals surface area contributed by atoms with Crippen LogP contribution < -0.4 is 20.2 Å². The summed E-state index contributed by atoms with van der Waals surface area (Å²) < 4.78 is 26.1. The zero-order chi connectivity index (χ0) is 30.2. The first-order chi connectivity index (χ1) is 20.9. The average molecular weight is 727 g/mol. The van der Waals surface area contributed by atoms with Crippen molar-refractivity contribution in [3.05, 3.63) is 121 Å². The lowest BCUT2D eigenvalue weighted by molar-refractivity contribution is 0.0955. The van der Waals surface area contributed by atoms with Gasteiger partial charge in [-0.25, -0.2) is 14.8 Å². The minimum absolute atomic E-state index is 0.194. The standard InChI is InChI=1S/C32H25ClFIN4O3S/c1-2-41-29-16-21(15-27(35)30(29)42-18-20-4-3-5-25(34)14-20)17-36-39-31(40)23-8-6-22(7-9-23)28-19-43-32(38-28)37-26-12-10-24(33)11-13-26/h3-17,19H,2,18H2,1H3,(H,37,38)(H,39,40)/b36-17-. The van der Waals surface area contributed by atoms with Crippen molar-refractivity contribution in [1.82, 2.24) is 10.4 Å². The van der Waals surface area contributed by atoms with Crippen LogP contribution in [0.5, 0.6) is 11.5 Å². The Labute approximate surface area is 270 Å². The van der Waals surface area contributed by atoms with E-state index in [2.05, 4.69) is 43.4 Å². The van der Waals surface area contributed by atoms with Gasteiger partial charge in [0.15, 0.2) is 16.6 Å². The van der Waals surface area contributed by atoms with Crippen LogP contribution in [0, 0.1) is 9.39 Å². The lowest BCUT2D eigenvalue weighted by Crippen LogP contribution is -2.17. The summed E-state index contributed by atoms with van der Waals surface area (Å²) in [6, 6.07) is 24.5. The van der Waals surface area contributed by atoms with Crippen molar-refractivity contribution in [2.75, 3.05) is 11.9 Å². The molecule has 43 heavy (non-hydrogen) atoms. The predicted molar refractivity (Wildman–Crippen MR) is 178 cm³/mol. The molecule has 2 N–H and O–H groups in total. The van der Waals surface area contributed by atoms with Gasteiger partial charge in [-0.2, -0.15) is 5.10 Å². The molecule has 1 amide bonds. The zero-order valence-electron chi connectivity index (χ0n) is 22.8. The predicted octanol–water partition coefficient (Wildman–Crippen LogP) is 8.69. The van der Waals surface area contributed by atoms with E-state index >= 15 is 0 Å². The van der Waals surface area contributed by atoms with Crippen LogP contribution in [0.4, 0.5) is 15.2 Å². The van der Waals surface area contributed by atoms with Gasteiger partial charge in [-0.3, -0.25) is 4.79 Å². The molecule has 0 atom stereocenters. The first kappa shape index (κ1) is 30.5. The lowest BCUT2D eigenvalue weighted by atomic mass is 10.1. The quantitative estimate of drug-likeness (QED) is 0.0809. The number of rotatable bonds is 11. The molecule has 0 bridgehead atoms. The average Bonchev–Trinajstić information content (AvgIpc) is 3.47. The molecule has 0 spiro atoms. The molecule has 218 valence electrons. The number of nitrogens with zero attached hydrogens (tertiary/aromatic N) is 2. The lowest BCUT2D eigenvalue weighted by Gasteiger charge is -2.14. The minimum Gasteiger partial charge on any atom is -0.490 e. The molecule has 4 aromatic carbocycles. The highest BCUT2D eigenvalue weighted by molar-refractivity contribution is 14.1. The van der Waals surface area contributed by atoms with E-state index in [1.54, 1.807) is 30.3 Å². The largest absolute Gasteiger partial charge is 0.490 e. The number of amides is 1. The zero-order valence-corrected chi connectivity index (χ0v) is 26.5. The summed E-state index contributed by atoms with van der Waals surface area (Å²) in [6.45, 7) is 2.50. The van der Waals surface area contributed by atoms with Crippen LogP contribution in [-0.2, 0) is 6.61 Å². The smallest absolute Gasteiger partial charge is 0.271 e. The molecule has 5 aromatic rings. The summed E-state index contributed by atoms with van der Waals surface area (Å²) in [6.07, 6.45) is 1.54. The number of thiazole rings is 1. The van der Waals surface area contributed by atoms with Crippen molar-refractivity contribution in [1.29, 1.82) is 0 Å². The number of benzene rings is 4. The Morgan fingerprint density at radius 3 is 2.60 bits per heavy atom. The fourth-order valence-electron chi connectivity index (χ4n) is 3.99. The van der Waals surface area contributed by atoms with Crippen LogP contribution in [0.15, 0.2) is 95.4 Å². The van der Waals surface area contributed by atoms with E-state index in [1.807, 2.05) is 54.8 Å². The molecule has 0 aliphatic rings. The molecule has 11 heteroatoms. The summed E-state index contributed by atoms with van der Waals surface area (Å²) in [7, 11) is 0. The third-order valence-corrected chi connectivity index (χ3v) is 7.84. The summed E-state index contributed by atoms with van der Waals surface area (Å²) >= 11 is 9.59. The van der Waals surface area contributed by atoms with Gasteiger partial charge in [0, 0.05) is 27.2 Å². The molecular weight excluding hydrogens is 702 g/mol. The SMILES string of the molecule is CCOc1cc(/C=N\NC(=O)c2ccc(-c3csc(Nc4ccc(Cl)cc4)n3)cc2)cc(I)c1OCc1cccc(F)c1. The second-order valence-corrected chi connectivity index (χ2v) is 11.6. The van der Waals surface area contributed by atoms with Gasteiger partial charge >= 0.3 is 0 Å². The van der Waals surface area contributed by atoms with E-state index in [-0.39, 0.29) is 18.3 Å². The Bertz CT molecular complexity index is 1750. The molecular formula is C32H25ClFIN4O3S. The highest BCUT2D eigenvalue weighted by Gasteiger charge is 2.13. The molecule has 0 saturated heterocycles. The molecule has 1 heterocycles. The van der Waals surface area contributed by atoms with Crippen LogP contribution in [-0.4, -0.2) is 23.7 Å². The molecule has 0 unspecified atom stereocenters. The van der Waals surface area contributed by atoms with E-state index in [0.717, 1.165) is 25.6 Å². The molecule has 0 fully saturated rings. The third-order valence-electron chi connectivity index (χ3n) is 6.03. The Balaban J connectivity index is 1.20. The maximum absolute atomic E-state index is 13.5. The number of carbonyl (C=O) groups excluding carboxylic acids is 1. The topological polar surface area (TPSA) is 84.8 Å². The highest BCUT2D eigenvalue weighted by atomic mass is 127. The van der Waals surface area contributed by atoms with Crippen molar-refractivity contribution in [2.45, 2.75) is 13.5 Å². The van der Waals surface area contributed by atoms with Crippen molar-refractivity contribution in [3.8, 4) is 22.8 Å². The maximum Gasteiger partial charge on any atom is 0.271 e.